The van der Waals surface area contributed by atoms with Gasteiger partial charge in [0.15, 0.2) is 0 Å². The summed E-state index contributed by atoms with van der Waals surface area (Å²) in [7, 11) is 0. The number of nitrogens with zero attached hydrogens (tertiary/aromatic N) is 2. The van der Waals surface area contributed by atoms with Gasteiger partial charge in [-0.3, -0.25) is 14.4 Å². The van der Waals surface area contributed by atoms with Crippen LogP contribution in [0, 0.1) is 0 Å². The second-order valence-electron chi connectivity index (χ2n) is 5.31. The molecule has 0 bridgehead atoms. The van der Waals surface area contributed by atoms with Crippen LogP contribution in [0.4, 0.5) is 0 Å². The first-order chi connectivity index (χ1) is 11.1. The lowest BCUT2D eigenvalue weighted by Gasteiger charge is -2.23. The molecule has 0 aromatic heterocycles. The van der Waals surface area contributed by atoms with Gasteiger partial charge in [0.2, 0.25) is 11.8 Å². The molecule has 1 aliphatic rings. The molecule has 1 heterocycles. The van der Waals surface area contributed by atoms with Crippen LogP contribution >= 0.6 is 0 Å². The molecule has 122 valence electrons. The fourth-order valence-electron chi connectivity index (χ4n) is 2.21. The average molecular weight is 316 g/mol. The maximum Gasteiger partial charge on any atom is 0.267 e. The van der Waals surface area contributed by atoms with Crippen molar-refractivity contribution in [2.24, 2.45) is 10.8 Å². The molecule has 0 unspecified atom stereocenters. The number of nitrogens with two attached hydrogens (primary N) is 1. The van der Waals surface area contributed by atoms with E-state index in [0.29, 0.717) is 31.6 Å². The van der Waals surface area contributed by atoms with Crippen molar-refractivity contribution in [1.29, 1.82) is 0 Å². The number of primary amides is 1. The van der Waals surface area contributed by atoms with Gasteiger partial charge in [-0.05, 0) is 12.0 Å². The molecule has 3 amide bonds. The van der Waals surface area contributed by atoms with Crippen LogP contribution in [0.2, 0.25) is 0 Å². The Bertz CT molecular complexity index is 613. The summed E-state index contributed by atoms with van der Waals surface area (Å²) in [5.41, 5.74) is 6.32. The average Bonchev–Trinajstić information content (AvgIpc) is 2.54. The van der Waals surface area contributed by atoms with Gasteiger partial charge >= 0.3 is 0 Å². The number of rotatable bonds is 7. The minimum Gasteiger partial charge on any atom is -0.370 e. The Morgan fingerprint density at radius 2 is 1.96 bits per heavy atom. The van der Waals surface area contributed by atoms with E-state index >= 15 is 0 Å². The fraction of sp³-hybridized carbons (Fsp3) is 0.375. The van der Waals surface area contributed by atoms with Crippen LogP contribution < -0.4 is 11.1 Å². The summed E-state index contributed by atoms with van der Waals surface area (Å²) in [6.07, 6.45) is 1.30. The minimum absolute atomic E-state index is 0.0980. The summed E-state index contributed by atoms with van der Waals surface area (Å²) in [5, 5.41) is 8.19. The highest BCUT2D eigenvalue weighted by molar-refractivity contribution is 6.39. The maximum absolute atomic E-state index is 12.1. The Morgan fingerprint density at radius 3 is 2.65 bits per heavy atom. The molecule has 0 saturated heterocycles. The van der Waals surface area contributed by atoms with Gasteiger partial charge in [0.05, 0.1) is 6.54 Å². The Morgan fingerprint density at radius 1 is 1.22 bits per heavy atom. The molecular weight excluding hydrogens is 296 g/mol. The minimum atomic E-state index is -0.395. The van der Waals surface area contributed by atoms with Gasteiger partial charge in [0.1, 0.15) is 5.71 Å². The maximum atomic E-state index is 12.1. The Hall–Kier alpha value is -2.70. The number of hydrogen-bond donors (Lipinski definition) is 2. The number of benzene rings is 1. The molecule has 2 rings (SSSR count). The molecule has 0 radical (unpaired) electrons. The molecule has 7 nitrogen and oxygen atoms in total. The van der Waals surface area contributed by atoms with E-state index in [-0.39, 0.29) is 24.7 Å². The Balaban J connectivity index is 1.93. The van der Waals surface area contributed by atoms with E-state index in [1.54, 1.807) is 0 Å². The third-order valence-electron chi connectivity index (χ3n) is 3.43. The molecule has 3 N–H and O–H groups in total. The van der Waals surface area contributed by atoms with Crippen LogP contribution in [0.5, 0.6) is 0 Å². The molecular formula is C16H20N4O3. The van der Waals surface area contributed by atoms with Gasteiger partial charge < -0.3 is 11.1 Å². The summed E-state index contributed by atoms with van der Waals surface area (Å²) in [4.78, 5) is 34.6. The van der Waals surface area contributed by atoms with E-state index in [1.165, 1.54) is 5.01 Å². The lowest BCUT2D eigenvalue weighted by Crippen LogP contribution is -2.39. The molecule has 1 aromatic rings. The van der Waals surface area contributed by atoms with Crippen molar-refractivity contribution in [2.75, 3.05) is 6.54 Å². The zero-order chi connectivity index (χ0) is 16.7. The second-order valence-corrected chi connectivity index (χ2v) is 5.31. The Kier molecular flexibility index (Phi) is 5.85. The first kappa shape index (κ1) is 16.7. The Labute approximate surface area is 134 Å². The monoisotopic (exact) mass is 316 g/mol. The quantitative estimate of drug-likeness (QED) is 0.717. The standard InChI is InChI=1S/C16H20N4O3/c17-14(21)7-4-10-18-16(23)13-8-9-15(22)20(19-13)11-12-5-2-1-3-6-12/h1-3,5-6H,4,7-11H2,(H2,17,21)(H,18,23). The van der Waals surface area contributed by atoms with E-state index in [0.717, 1.165) is 5.56 Å². The third-order valence-corrected chi connectivity index (χ3v) is 3.43. The van der Waals surface area contributed by atoms with Crippen molar-refractivity contribution in [3.63, 3.8) is 0 Å². The van der Waals surface area contributed by atoms with Crippen LogP contribution in [-0.2, 0) is 20.9 Å². The van der Waals surface area contributed by atoms with Crippen molar-refractivity contribution in [3.8, 4) is 0 Å². The molecule has 0 saturated carbocycles. The van der Waals surface area contributed by atoms with Crippen molar-refractivity contribution in [2.45, 2.75) is 32.2 Å². The number of amides is 3. The number of nitrogens with one attached hydrogen (secondary N) is 1. The van der Waals surface area contributed by atoms with Crippen molar-refractivity contribution >= 4 is 23.4 Å². The molecule has 0 spiro atoms. The third kappa shape index (κ3) is 5.21. The fourth-order valence-corrected chi connectivity index (χ4v) is 2.21. The summed E-state index contributed by atoms with van der Waals surface area (Å²) in [6, 6.07) is 9.48. The first-order valence-electron chi connectivity index (χ1n) is 7.54. The zero-order valence-electron chi connectivity index (χ0n) is 12.8. The van der Waals surface area contributed by atoms with Crippen LogP contribution in [0.25, 0.3) is 0 Å². The summed E-state index contributed by atoms with van der Waals surface area (Å²) in [5.74, 6) is -0.798. The topological polar surface area (TPSA) is 105 Å². The predicted molar refractivity (Wildman–Crippen MR) is 85.1 cm³/mol. The van der Waals surface area contributed by atoms with Crippen LogP contribution in [-0.4, -0.2) is 35.0 Å². The summed E-state index contributed by atoms with van der Waals surface area (Å²) in [6.45, 7) is 0.700. The highest BCUT2D eigenvalue weighted by Gasteiger charge is 2.24. The number of carbonyl (C=O) groups is 3. The van der Waals surface area contributed by atoms with Gasteiger partial charge in [-0.1, -0.05) is 30.3 Å². The van der Waals surface area contributed by atoms with Crippen LogP contribution in [0.3, 0.4) is 0 Å². The number of carbonyl (C=O) groups excluding carboxylic acids is 3. The van der Waals surface area contributed by atoms with E-state index in [2.05, 4.69) is 10.4 Å². The molecule has 23 heavy (non-hydrogen) atoms. The second kappa shape index (κ2) is 8.07. The van der Waals surface area contributed by atoms with Gasteiger partial charge in [0, 0.05) is 25.8 Å². The summed E-state index contributed by atoms with van der Waals surface area (Å²) < 4.78 is 0. The van der Waals surface area contributed by atoms with E-state index in [9.17, 15) is 14.4 Å². The van der Waals surface area contributed by atoms with Crippen LogP contribution in [0.15, 0.2) is 35.4 Å². The van der Waals surface area contributed by atoms with E-state index < -0.39 is 5.91 Å². The molecule has 0 aliphatic carbocycles. The highest BCUT2D eigenvalue weighted by atomic mass is 16.2. The van der Waals surface area contributed by atoms with E-state index in [1.807, 2.05) is 30.3 Å². The normalized spacial score (nSPS) is 14.3. The summed E-state index contributed by atoms with van der Waals surface area (Å²) >= 11 is 0. The molecule has 7 heteroatoms. The highest BCUT2D eigenvalue weighted by Crippen LogP contribution is 2.13. The predicted octanol–water partition coefficient (Wildman–Crippen LogP) is 0.547. The zero-order valence-corrected chi connectivity index (χ0v) is 12.8. The van der Waals surface area contributed by atoms with Crippen molar-refractivity contribution in [3.05, 3.63) is 35.9 Å². The molecule has 1 aliphatic heterocycles. The van der Waals surface area contributed by atoms with Gasteiger partial charge in [-0.2, -0.15) is 5.10 Å². The van der Waals surface area contributed by atoms with E-state index in [4.69, 9.17) is 5.73 Å². The number of hydrazone groups is 1. The van der Waals surface area contributed by atoms with Crippen molar-refractivity contribution < 1.29 is 14.4 Å². The number of hydrogen-bond acceptors (Lipinski definition) is 4. The van der Waals surface area contributed by atoms with Gasteiger partial charge in [-0.25, -0.2) is 5.01 Å². The molecule has 0 fully saturated rings. The smallest absolute Gasteiger partial charge is 0.267 e. The molecule has 0 atom stereocenters. The van der Waals surface area contributed by atoms with Gasteiger partial charge in [0.25, 0.3) is 5.91 Å². The SMILES string of the molecule is NC(=O)CCCNC(=O)C1=NN(Cc2ccccc2)C(=O)CC1. The van der Waals surface area contributed by atoms with Crippen molar-refractivity contribution in [1.82, 2.24) is 10.3 Å². The van der Waals surface area contributed by atoms with Crippen LogP contribution in [0.1, 0.15) is 31.2 Å². The lowest BCUT2D eigenvalue weighted by atomic mass is 10.1. The van der Waals surface area contributed by atoms with Gasteiger partial charge in [-0.15, -0.1) is 0 Å². The first-order valence-corrected chi connectivity index (χ1v) is 7.54. The largest absolute Gasteiger partial charge is 0.370 e. The molecule has 1 aromatic carbocycles. The lowest BCUT2D eigenvalue weighted by molar-refractivity contribution is -0.132.